The number of carboxylic acids is 1. The van der Waals surface area contributed by atoms with Crippen LogP contribution in [0.2, 0.25) is 0 Å². The molecule has 3 aliphatic rings. The lowest BCUT2D eigenvalue weighted by molar-refractivity contribution is -0.0257. The van der Waals surface area contributed by atoms with Crippen LogP contribution in [0.3, 0.4) is 0 Å². The molecule has 30 heavy (non-hydrogen) atoms. The van der Waals surface area contributed by atoms with E-state index in [1.54, 1.807) is 6.20 Å². The van der Waals surface area contributed by atoms with Crippen molar-refractivity contribution in [2.24, 2.45) is 11.8 Å². The van der Waals surface area contributed by atoms with Crippen LogP contribution in [0, 0.1) is 18.8 Å². The lowest BCUT2D eigenvalue weighted by Crippen LogP contribution is -2.54. The standard InChI is InChI=1S/C24H33N3O3/c1-15(27-16(2)22(24(28)29)21-4-3-11-25-23(21)27)18-5-7-19(8-6-18)26-12-17(13-26)14-30-20-9-10-20/h3-4,11,15,17-20H,5-10,12-14H2,1-2H3,(H,28,29). The lowest BCUT2D eigenvalue weighted by Gasteiger charge is -2.47. The molecule has 6 heteroatoms. The van der Waals surface area contributed by atoms with Crippen molar-refractivity contribution in [2.75, 3.05) is 19.7 Å². The molecular weight excluding hydrogens is 378 g/mol. The van der Waals surface area contributed by atoms with E-state index < -0.39 is 5.97 Å². The van der Waals surface area contributed by atoms with Gasteiger partial charge in [-0.15, -0.1) is 0 Å². The first kappa shape index (κ1) is 20.0. The summed E-state index contributed by atoms with van der Waals surface area (Å²) in [6, 6.07) is 4.67. The van der Waals surface area contributed by atoms with E-state index in [1.807, 2.05) is 19.1 Å². The highest BCUT2D eigenvalue weighted by Crippen LogP contribution is 2.39. The fourth-order valence-electron chi connectivity index (χ4n) is 5.71. The van der Waals surface area contributed by atoms with Crippen LogP contribution in [-0.4, -0.2) is 57.4 Å². The van der Waals surface area contributed by atoms with Gasteiger partial charge in [-0.25, -0.2) is 9.78 Å². The number of aromatic carboxylic acids is 1. The summed E-state index contributed by atoms with van der Waals surface area (Å²) in [5.74, 6) is 0.435. The van der Waals surface area contributed by atoms with E-state index in [0.29, 0.717) is 23.6 Å². The van der Waals surface area contributed by atoms with E-state index >= 15 is 0 Å². The summed E-state index contributed by atoms with van der Waals surface area (Å²) in [5, 5.41) is 10.5. The number of rotatable bonds is 7. The van der Waals surface area contributed by atoms with Crippen molar-refractivity contribution >= 4 is 17.0 Å². The molecule has 0 radical (unpaired) electrons. The topological polar surface area (TPSA) is 67.6 Å². The molecule has 0 spiro atoms. The molecule has 1 unspecified atom stereocenters. The second-order valence-corrected chi connectivity index (χ2v) is 9.67. The Hall–Kier alpha value is -1.92. The van der Waals surface area contributed by atoms with Gasteiger partial charge in [0.25, 0.3) is 0 Å². The number of ether oxygens (including phenoxy) is 1. The zero-order chi connectivity index (χ0) is 20.8. The van der Waals surface area contributed by atoms with E-state index in [0.717, 1.165) is 29.3 Å². The van der Waals surface area contributed by atoms with E-state index in [2.05, 4.69) is 21.4 Å². The third-order valence-electron chi connectivity index (χ3n) is 7.65. The maximum absolute atomic E-state index is 11.9. The van der Waals surface area contributed by atoms with Gasteiger partial charge in [-0.3, -0.25) is 4.90 Å². The Balaban J connectivity index is 1.22. The maximum Gasteiger partial charge on any atom is 0.338 e. The van der Waals surface area contributed by atoms with Crippen molar-refractivity contribution in [1.82, 2.24) is 14.5 Å². The Morgan fingerprint density at radius 1 is 1.23 bits per heavy atom. The molecule has 0 aromatic carbocycles. The summed E-state index contributed by atoms with van der Waals surface area (Å²) in [6.45, 7) is 7.52. The summed E-state index contributed by atoms with van der Waals surface area (Å²) in [5.41, 5.74) is 2.04. The number of fused-ring (bicyclic) bond motifs is 1. The van der Waals surface area contributed by atoms with Gasteiger partial charge in [-0.2, -0.15) is 0 Å². The van der Waals surface area contributed by atoms with Crippen molar-refractivity contribution < 1.29 is 14.6 Å². The Kier molecular flexibility index (Phi) is 5.31. The van der Waals surface area contributed by atoms with E-state index in [9.17, 15) is 9.90 Å². The number of hydrogen-bond donors (Lipinski definition) is 1. The number of aromatic nitrogens is 2. The van der Waals surface area contributed by atoms with Crippen molar-refractivity contribution in [2.45, 2.75) is 70.6 Å². The van der Waals surface area contributed by atoms with Gasteiger partial charge >= 0.3 is 5.97 Å². The highest BCUT2D eigenvalue weighted by Gasteiger charge is 2.37. The molecule has 2 saturated carbocycles. The van der Waals surface area contributed by atoms with Crippen molar-refractivity contribution in [3.63, 3.8) is 0 Å². The third kappa shape index (κ3) is 3.65. The second kappa shape index (κ2) is 7.97. The molecule has 5 rings (SSSR count). The molecular formula is C24H33N3O3. The molecule has 1 atom stereocenters. The van der Waals surface area contributed by atoms with Crippen LogP contribution >= 0.6 is 0 Å². The first-order valence-electron chi connectivity index (χ1n) is 11.6. The number of carbonyl (C=O) groups is 1. The highest BCUT2D eigenvalue weighted by molar-refractivity contribution is 6.04. The van der Waals surface area contributed by atoms with E-state index in [4.69, 9.17) is 4.74 Å². The number of hydrogen-bond acceptors (Lipinski definition) is 4. The van der Waals surface area contributed by atoms with Crippen molar-refractivity contribution in [3.8, 4) is 0 Å². The predicted octanol–water partition coefficient (Wildman–Crippen LogP) is 4.27. The minimum atomic E-state index is -0.863. The van der Waals surface area contributed by atoms with Crippen LogP contribution in [0.5, 0.6) is 0 Å². The first-order chi connectivity index (χ1) is 14.5. The fourth-order valence-corrected chi connectivity index (χ4v) is 5.71. The zero-order valence-corrected chi connectivity index (χ0v) is 18.1. The number of likely N-dealkylation sites (tertiary alicyclic amines) is 1. The van der Waals surface area contributed by atoms with Crippen LogP contribution in [-0.2, 0) is 4.74 Å². The summed E-state index contributed by atoms with van der Waals surface area (Å²) in [4.78, 5) is 19.1. The molecule has 1 saturated heterocycles. The second-order valence-electron chi connectivity index (χ2n) is 9.67. The molecule has 1 N–H and O–H groups in total. The molecule has 0 bridgehead atoms. The van der Waals surface area contributed by atoms with Gasteiger partial charge in [0, 0.05) is 48.4 Å². The average Bonchev–Trinajstić information content (AvgIpc) is 3.48. The average molecular weight is 412 g/mol. The monoisotopic (exact) mass is 411 g/mol. The van der Waals surface area contributed by atoms with Gasteiger partial charge in [0.05, 0.1) is 18.3 Å². The first-order valence-corrected chi connectivity index (χ1v) is 11.6. The van der Waals surface area contributed by atoms with Crippen molar-refractivity contribution in [1.29, 1.82) is 0 Å². The molecule has 0 amide bonds. The van der Waals surface area contributed by atoms with E-state index in [1.165, 1.54) is 51.6 Å². The third-order valence-corrected chi connectivity index (χ3v) is 7.65. The molecule has 3 fully saturated rings. The Morgan fingerprint density at radius 3 is 2.63 bits per heavy atom. The van der Waals surface area contributed by atoms with E-state index in [-0.39, 0.29) is 6.04 Å². The summed E-state index contributed by atoms with van der Waals surface area (Å²) >= 11 is 0. The van der Waals surface area contributed by atoms with Crippen LogP contribution in [0.15, 0.2) is 18.3 Å². The van der Waals surface area contributed by atoms with Gasteiger partial charge in [0.1, 0.15) is 5.65 Å². The number of pyridine rings is 1. The van der Waals surface area contributed by atoms with Crippen molar-refractivity contribution in [3.05, 3.63) is 29.6 Å². The number of nitrogens with zero attached hydrogens (tertiary/aromatic N) is 3. The fraction of sp³-hybridized carbons (Fsp3) is 0.667. The SMILES string of the molecule is Cc1c(C(=O)O)c2cccnc2n1C(C)C1CCC(N2CC(COC3CC3)C2)CC1. The minimum Gasteiger partial charge on any atom is -0.478 e. The van der Waals surface area contributed by atoms with Crippen LogP contribution in [0.4, 0.5) is 0 Å². The van der Waals surface area contributed by atoms with Gasteiger partial charge in [-0.1, -0.05) is 0 Å². The molecule has 162 valence electrons. The molecule has 2 aromatic rings. The van der Waals surface area contributed by atoms with Gasteiger partial charge < -0.3 is 14.4 Å². The summed E-state index contributed by atoms with van der Waals surface area (Å²) < 4.78 is 8.06. The number of carboxylic acid groups (broad SMARTS) is 1. The molecule has 2 aliphatic carbocycles. The Morgan fingerprint density at radius 2 is 1.97 bits per heavy atom. The van der Waals surface area contributed by atoms with Crippen LogP contribution < -0.4 is 0 Å². The molecule has 6 nitrogen and oxygen atoms in total. The summed E-state index contributed by atoms with van der Waals surface area (Å²) in [6.07, 6.45) is 9.72. The lowest BCUT2D eigenvalue weighted by atomic mass is 9.80. The minimum absolute atomic E-state index is 0.257. The van der Waals surface area contributed by atoms with Gasteiger partial charge in [-0.05, 0) is 70.4 Å². The normalized spacial score (nSPS) is 26.6. The molecule has 3 heterocycles. The van der Waals surface area contributed by atoms with Crippen LogP contribution in [0.1, 0.15) is 67.5 Å². The largest absolute Gasteiger partial charge is 0.478 e. The predicted molar refractivity (Wildman–Crippen MR) is 116 cm³/mol. The molecule has 1 aliphatic heterocycles. The zero-order valence-electron chi connectivity index (χ0n) is 18.1. The van der Waals surface area contributed by atoms with Gasteiger partial charge in [0.15, 0.2) is 0 Å². The Labute approximate surface area is 178 Å². The smallest absolute Gasteiger partial charge is 0.338 e. The maximum atomic E-state index is 11.9. The summed E-state index contributed by atoms with van der Waals surface area (Å²) in [7, 11) is 0. The molecule has 2 aromatic heterocycles. The van der Waals surface area contributed by atoms with Crippen LogP contribution in [0.25, 0.3) is 11.0 Å². The Bertz CT molecular complexity index is 921. The quantitative estimate of drug-likeness (QED) is 0.737. The highest BCUT2D eigenvalue weighted by atomic mass is 16.5. The van der Waals surface area contributed by atoms with Gasteiger partial charge in [0.2, 0.25) is 0 Å².